The maximum atomic E-state index is 12.5. The second-order valence-electron chi connectivity index (χ2n) is 6.43. The van der Waals surface area contributed by atoms with E-state index in [9.17, 15) is 9.59 Å². The third-order valence-corrected chi connectivity index (χ3v) is 4.50. The molecule has 1 unspecified atom stereocenters. The number of amides is 2. The number of nitrogens with zero attached hydrogens (tertiary/aromatic N) is 1. The van der Waals surface area contributed by atoms with E-state index < -0.39 is 6.04 Å². The van der Waals surface area contributed by atoms with E-state index in [0.717, 1.165) is 29.9 Å². The van der Waals surface area contributed by atoms with Crippen LogP contribution in [0.3, 0.4) is 0 Å². The fraction of sp³-hybridized carbons (Fsp3) is 0.421. The Morgan fingerprint density at radius 2 is 2.23 bits per heavy atom. The number of nitrogens with one attached hydrogen (secondary N) is 2. The van der Waals surface area contributed by atoms with Gasteiger partial charge in [0.25, 0.3) is 5.91 Å². The van der Waals surface area contributed by atoms with Crippen LogP contribution in [0.4, 0.5) is 0 Å². The van der Waals surface area contributed by atoms with E-state index in [2.05, 4.69) is 15.8 Å². The zero-order valence-corrected chi connectivity index (χ0v) is 15.0. The highest BCUT2D eigenvalue weighted by atomic mass is 16.5. The minimum absolute atomic E-state index is 0.123. The van der Waals surface area contributed by atoms with Gasteiger partial charge in [-0.25, -0.2) is 0 Å². The molecule has 1 atom stereocenters. The van der Waals surface area contributed by atoms with Crippen LogP contribution in [0.25, 0.3) is 0 Å². The van der Waals surface area contributed by atoms with Crippen molar-refractivity contribution < 1.29 is 18.8 Å². The van der Waals surface area contributed by atoms with Crippen molar-refractivity contribution >= 4 is 11.8 Å². The summed E-state index contributed by atoms with van der Waals surface area (Å²) in [6, 6.07) is 6.42. The molecule has 0 aliphatic carbocycles. The summed E-state index contributed by atoms with van der Waals surface area (Å²) in [6.45, 7) is 4.67. The highest BCUT2D eigenvalue weighted by Gasteiger charge is 2.23. The Morgan fingerprint density at radius 1 is 1.38 bits per heavy atom. The molecular weight excluding hydrogens is 334 g/mol. The van der Waals surface area contributed by atoms with Gasteiger partial charge in [-0.15, -0.1) is 0 Å². The van der Waals surface area contributed by atoms with Gasteiger partial charge >= 0.3 is 0 Å². The van der Waals surface area contributed by atoms with Gasteiger partial charge in [0.15, 0.2) is 0 Å². The highest BCUT2D eigenvalue weighted by Crippen LogP contribution is 2.19. The predicted molar refractivity (Wildman–Crippen MR) is 94.9 cm³/mol. The molecular formula is C19H23N3O4. The second-order valence-corrected chi connectivity index (χ2v) is 6.43. The number of hydrogen-bond donors (Lipinski definition) is 2. The summed E-state index contributed by atoms with van der Waals surface area (Å²) in [5.41, 5.74) is 2.14. The first kappa shape index (κ1) is 18.0. The van der Waals surface area contributed by atoms with Crippen LogP contribution >= 0.6 is 0 Å². The lowest BCUT2D eigenvalue weighted by Crippen LogP contribution is -2.45. The van der Waals surface area contributed by atoms with Crippen molar-refractivity contribution in [1.29, 1.82) is 0 Å². The third kappa shape index (κ3) is 4.22. The standard InChI is InChI=1S/C19H23N3O4/c1-12-16(13(2)26-22-12)11-25-15-7-5-6-14(10-15)18(23)21-17-8-3-4-9-20-19(17)24/h5-7,10,17H,3-4,8-9,11H2,1-2H3,(H,20,24)(H,21,23). The molecule has 2 heterocycles. The average molecular weight is 357 g/mol. The maximum absolute atomic E-state index is 12.5. The molecule has 2 amide bonds. The second kappa shape index (κ2) is 8.03. The summed E-state index contributed by atoms with van der Waals surface area (Å²) in [4.78, 5) is 24.5. The molecule has 138 valence electrons. The Hall–Kier alpha value is -2.83. The molecule has 1 saturated heterocycles. The Kier molecular flexibility index (Phi) is 5.55. The summed E-state index contributed by atoms with van der Waals surface area (Å²) >= 11 is 0. The molecule has 26 heavy (non-hydrogen) atoms. The lowest BCUT2D eigenvalue weighted by Gasteiger charge is -2.15. The van der Waals surface area contributed by atoms with Gasteiger partial charge in [0.2, 0.25) is 5.91 Å². The Bertz CT molecular complexity index is 780. The van der Waals surface area contributed by atoms with E-state index in [4.69, 9.17) is 9.26 Å². The van der Waals surface area contributed by atoms with Gasteiger partial charge in [0, 0.05) is 12.1 Å². The van der Waals surface area contributed by atoms with Crippen molar-refractivity contribution in [2.24, 2.45) is 0 Å². The van der Waals surface area contributed by atoms with Crippen molar-refractivity contribution in [2.45, 2.75) is 45.8 Å². The van der Waals surface area contributed by atoms with Crippen LogP contribution < -0.4 is 15.4 Å². The van der Waals surface area contributed by atoms with Crippen LogP contribution in [0.5, 0.6) is 5.75 Å². The van der Waals surface area contributed by atoms with Crippen LogP contribution in [0.2, 0.25) is 0 Å². The minimum Gasteiger partial charge on any atom is -0.489 e. The van der Waals surface area contributed by atoms with Gasteiger partial charge in [-0.1, -0.05) is 11.2 Å². The van der Waals surface area contributed by atoms with Gasteiger partial charge in [0.05, 0.1) is 11.3 Å². The Labute approximate surface area is 152 Å². The van der Waals surface area contributed by atoms with Crippen molar-refractivity contribution in [3.8, 4) is 5.75 Å². The smallest absolute Gasteiger partial charge is 0.252 e. The van der Waals surface area contributed by atoms with E-state index in [1.54, 1.807) is 24.3 Å². The fourth-order valence-electron chi connectivity index (χ4n) is 2.91. The van der Waals surface area contributed by atoms with Crippen LogP contribution in [0, 0.1) is 13.8 Å². The molecule has 0 saturated carbocycles. The van der Waals surface area contributed by atoms with Gasteiger partial charge in [0.1, 0.15) is 24.2 Å². The molecule has 7 heteroatoms. The van der Waals surface area contributed by atoms with Crippen molar-refractivity contribution in [1.82, 2.24) is 15.8 Å². The van der Waals surface area contributed by atoms with Crippen LogP contribution in [0.1, 0.15) is 46.6 Å². The molecule has 1 aliphatic rings. The van der Waals surface area contributed by atoms with Crippen LogP contribution in [-0.4, -0.2) is 29.6 Å². The Balaban J connectivity index is 1.64. The minimum atomic E-state index is -0.489. The summed E-state index contributed by atoms with van der Waals surface area (Å²) in [7, 11) is 0. The monoisotopic (exact) mass is 357 g/mol. The van der Waals surface area contributed by atoms with E-state index >= 15 is 0 Å². The van der Waals surface area contributed by atoms with Crippen LogP contribution in [-0.2, 0) is 11.4 Å². The number of aromatic nitrogens is 1. The molecule has 2 aromatic rings. The number of aryl methyl sites for hydroxylation is 2. The fourth-order valence-corrected chi connectivity index (χ4v) is 2.91. The summed E-state index contributed by atoms with van der Waals surface area (Å²) in [5, 5.41) is 9.52. The highest BCUT2D eigenvalue weighted by molar-refractivity contribution is 5.97. The molecule has 3 rings (SSSR count). The molecule has 1 aromatic carbocycles. The number of carbonyl (C=O) groups excluding carboxylic acids is 2. The van der Waals surface area contributed by atoms with Gasteiger partial charge < -0.3 is 19.9 Å². The van der Waals surface area contributed by atoms with Gasteiger partial charge in [-0.3, -0.25) is 9.59 Å². The van der Waals surface area contributed by atoms with Crippen LogP contribution in [0.15, 0.2) is 28.8 Å². The number of ether oxygens (including phenoxy) is 1. The SMILES string of the molecule is Cc1noc(C)c1COc1cccc(C(=O)NC2CCCCNC2=O)c1. The molecule has 2 N–H and O–H groups in total. The van der Waals surface area contributed by atoms with Crippen molar-refractivity contribution in [2.75, 3.05) is 6.54 Å². The first-order valence-corrected chi connectivity index (χ1v) is 8.78. The average Bonchev–Trinajstić information content (AvgIpc) is 2.82. The number of benzene rings is 1. The molecule has 1 aliphatic heterocycles. The van der Waals surface area contributed by atoms with Crippen molar-refractivity contribution in [3.63, 3.8) is 0 Å². The van der Waals surface area contributed by atoms with E-state index in [-0.39, 0.29) is 11.8 Å². The molecule has 0 bridgehead atoms. The molecule has 0 spiro atoms. The maximum Gasteiger partial charge on any atom is 0.252 e. The number of hydrogen-bond acceptors (Lipinski definition) is 5. The number of rotatable bonds is 5. The quantitative estimate of drug-likeness (QED) is 0.856. The normalized spacial score (nSPS) is 17.3. The molecule has 1 fully saturated rings. The number of carbonyl (C=O) groups is 2. The van der Waals surface area contributed by atoms with Crippen molar-refractivity contribution in [3.05, 3.63) is 46.8 Å². The first-order valence-electron chi connectivity index (χ1n) is 8.78. The summed E-state index contributed by atoms with van der Waals surface area (Å²) < 4.78 is 10.9. The largest absolute Gasteiger partial charge is 0.489 e. The van der Waals surface area contributed by atoms with E-state index in [0.29, 0.717) is 30.9 Å². The molecule has 0 radical (unpaired) electrons. The first-order chi connectivity index (χ1) is 12.5. The third-order valence-electron chi connectivity index (χ3n) is 4.50. The van der Waals surface area contributed by atoms with E-state index in [1.807, 2.05) is 13.8 Å². The lowest BCUT2D eigenvalue weighted by atomic mass is 10.1. The Morgan fingerprint density at radius 3 is 3.00 bits per heavy atom. The summed E-state index contributed by atoms with van der Waals surface area (Å²) in [6.07, 6.45) is 2.49. The predicted octanol–water partition coefficient (Wildman–Crippen LogP) is 2.27. The zero-order valence-electron chi connectivity index (χ0n) is 15.0. The topological polar surface area (TPSA) is 93.5 Å². The molecule has 7 nitrogen and oxygen atoms in total. The lowest BCUT2D eigenvalue weighted by molar-refractivity contribution is -0.122. The van der Waals surface area contributed by atoms with Gasteiger partial charge in [-0.2, -0.15) is 0 Å². The summed E-state index contributed by atoms with van der Waals surface area (Å²) in [5.74, 6) is 0.884. The zero-order chi connectivity index (χ0) is 18.5. The van der Waals surface area contributed by atoms with Gasteiger partial charge in [-0.05, 0) is 51.3 Å². The molecule has 1 aromatic heterocycles. The van der Waals surface area contributed by atoms with E-state index in [1.165, 1.54) is 0 Å².